The van der Waals surface area contributed by atoms with E-state index in [0.717, 1.165) is 12.8 Å². The average molecular weight is 334 g/mol. The fourth-order valence-electron chi connectivity index (χ4n) is 2.48. The third-order valence-electron chi connectivity index (χ3n) is 3.57. The quantitative estimate of drug-likeness (QED) is 0.458. The Hall–Kier alpha value is -2.15. The van der Waals surface area contributed by atoms with Crippen molar-refractivity contribution in [1.82, 2.24) is 10.7 Å². The fourth-order valence-corrected chi connectivity index (χ4v) is 2.70. The molecule has 7 heteroatoms. The van der Waals surface area contributed by atoms with Crippen LogP contribution in [0.15, 0.2) is 29.4 Å². The predicted molar refractivity (Wildman–Crippen MR) is 90.3 cm³/mol. The van der Waals surface area contributed by atoms with Crippen molar-refractivity contribution >= 4 is 29.5 Å². The molecule has 0 spiro atoms. The molecule has 1 aliphatic rings. The average Bonchev–Trinajstić information content (AvgIpc) is 2.55. The van der Waals surface area contributed by atoms with Gasteiger partial charge in [0.1, 0.15) is 12.4 Å². The van der Waals surface area contributed by atoms with Crippen LogP contribution in [0.2, 0.25) is 0 Å². The van der Waals surface area contributed by atoms with Crippen LogP contribution in [0.3, 0.4) is 0 Å². The van der Waals surface area contributed by atoms with Crippen LogP contribution in [0.25, 0.3) is 0 Å². The molecule has 23 heavy (non-hydrogen) atoms. The summed E-state index contributed by atoms with van der Waals surface area (Å²) < 4.78 is 5.15. The van der Waals surface area contributed by atoms with E-state index >= 15 is 0 Å². The van der Waals surface area contributed by atoms with E-state index in [4.69, 9.17) is 17.0 Å². The Morgan fingerprint density at radius 3 is 2.83 bits per heavy atom. The number of carboxylic acid groups (broad SMARTS) is 1. The molecule has 0 amide bonds. The molecule has 0 bridgehead atoms. The number of hydrogen-bond donors (Lipinski definition) is 2. The SMILES string of the molecule is O=C([O-])COc1ccccc1/C=N\NC(=S)NC1CCCCC1. The number of carbonyl (C=O) groups excluding carboxylic acids is 1. The van der Waals surface area contributed by atoms with Crippen molar-refractivity contribution in [3.63, 3.8) is 0 Å². The van der Waals surface area contributed by atoms with Crippen LogP contribution in [-0.4, -0.2) is 29.9 Å². The maximum atomic E-state index is 10.5. The van der Waals surface area contributed by atoms with Gasteiger partial charge in [0.15, 0.2) is 5.11 Å². The smallest absolute Gasteiger partial charge is 0.187 e. The van der Waals surface area contributed by atoms with Crippen molar-refractivity contribution in [2.75, 3.05) is 6.61 Å². The number of nitrogens with zero attached hydrogens (tertiary/aromatic N) is 1. The Labute approximate surface area is 140 Å². The van der Waals surface area contributed by atoms with Crippen molar-refractivity contribution in [2.24, 2.45) is 5.10 Å². The molecule has 0 radical (unpaired) electrons. The Morgan fingerprint density at radius 2 is 2.09 bits per heavy atom. The summed E-state index contributed by atoms with van der Waals surface area (Å²) in [5, 5.41) is 18.3. The molecule has 2 rings (SSSR count). The van der Waals surface area contributed by atoms with Crippen LogP contribution in [0, 0.1) is 0 Å². The van der Waals surface area contributed by atoms with Crippen molar-refractivity contribution in [3.05, 3.63) is 29.8 Å². The summed E-state index contributed by atoms with van der Waals surface area (Å²) in [6.07, 6.45) is 7.55. The molecule has 1 saturated carbocycles. The highest BCUT2D eigenvalue weighted by Crippen LogP contribution is 2.17. The first-order valence-corrected chi connectivity index (χ1v) is 8.07. The van der Waals surface area contributed by atoms with Gasteiger partial charge in [-0.15, -0.1) is 0 Å². The van der Waals surface area contributed by atoms with Gasteiger partial charge in [0.25, 0.3) is 0 Å². The summed E-state index contributed by atoms with van der Waals surface area (Å²) in [4.78, 5) is 10.5. The molecule has 0 unspecified atom stereocenters. The Kier molecular flexibility index (Phi) is 6.80. The Balaban J connectivity index is 1.84. The van der Waals surface area contributed by atoms with E-state index in [1.165, 1.54) is 19.3 Å². The van der Waals surface area contributed by atoms with E-state index in [-0.39, 0.29) is 0 Å². The van der Waals surface area contributed by atoms with Gasteiger partial charge >= 0.3 is 0 Å². The molecular formula is C16H20N3O3S-. The number of ether oxygens (including phenoxy) is 1. The zero-order chi connectivity index (χ0) is 16.5. The predicted octanol–water partition coefficient (Wildman–Crippen LogP) is 0.946. The van der Waals surface area contributed by atoms with Crippen LogP contribution < -0.4 is 20.6 Å². The number of carboxylic acids is 1. The molecule has 0 saturated heterocycles. The minimum absolute atomic E-state index is 0.414. The molecule has 1 aliphatic carbocycles. The molecule has 1 fully saturated rings. The third-order valence-corrected chi connectivity index (χ3v) is 3.78. The zero-order valence-corrected chi connectivity index (χ0v) is 13.6. The molecule has 1 aromatic rings. The number of para-hydroxylation sites is 1. The fraction of sp³-hybridized carbons (Fsp3) is 0.438. The lowest BCUT2D eigenvalue weighted by Crippen LogP contribution is -2.40. The van der Waals surface area contributed by atoms with Gasteiger partial charge < -0.3 is 20.0 Å². The molecule has 124 valence electrons. The largest absolute Gasteiger partial charge is 0.546 e. The van der Waals surface area contributed by atoms with Crippen molar-refractivity contribution in [1.29, 1.82) is 0 Å². The Bertz CT molecular complexity index is 571. The van der Waals surface area contributed by atoms with Crippen LogP contribution in [0.4, 0.5) is 0 Å². The maximum Gasteiger partial charge on any atom is 0.187 e. The standard InChI is InChI=1S/C16H21N3O3S/c20-15(21)11-22-14-9-5-4-6-12(14)10-17-19-16(23)18-13-7-2-1-3-8-13/h4-6,9-10,13H,1-3,7-8,11H2,(H,20,21)(H2,18,19,23)/p-1/b17-10-. The molecule has 0 heterocycles. The highest BCUT2D eigenvalue weighted by Gasteiger charge is 2.13. The van der Waals surface area contributed by atoms with Gasteiger partial charge in [0.2, 0.25) is 0 Å². The molecule has 0 aromatic heterocycles. The Morgan fingerprint density at radius 1 is 1.35 bits per heavy atom. The van der Waals surface area contributed by atoms with Crippen molar-refractivity contribution in [2.45, 2.75) is 38.1 Å². The minimum atomic E-state index is -1.27. The van der Waals surface area contributed by atoms with E-state index in [9.17, 15) is 9.90 Å². The minimum Gasteiger partial charge on any atom is -0.546 e. The number of thiocarbonyl (C=S) groups is 1. The van der Waals surface area contributed by atoms with E-state index < -0.39 is 12.6 Å². The second-order valence-electron chi connectivity index (χ2n) is 5.38. The second kappa shape index (κ2) is 9.09. The van der Waals surface area contributed by atoms with Crippen LogP contribution in [-0.2, 0) is 4.79 Å². The summed E-state index contributed by atoms with van der Waals surface area (Å²) in [5.74, 6) is -0.846. The number of hydrogen-bond acceptors (Lipinski definition) is 5. The van der Waals surface area contributed by atoms with E-state index in [1.807, 2.05) is 6.07 Å². The van der Waals surface area contributed by atoms with Crippen LogP contribution in [0.1, 0.15) is 37.7 Å². The number of nitrogens with one attached hydrogen (secondary N) is 2. The van der Waals surface area contributed by atoms with E-state index in [0.29, 0.717) is 22.5 Å². The normalized spacial score (nSPS) is 15.3. The molecular weight excluding hydrogens is 314 g/mol. The molecule has 0 atom stereocenters. The van der Waals surface area contributed by atoms with Gasteiger partial charge in [-0.05, 0) is 37.2 Å². The summed E-state index contributed by atoms with van der Waals surface area (Å²) >= 11 is 5.22. The zero-order valence-electron chi connectivity index (χ0n) is 12.8. The lowest BCUT2D eigenvalue weighted by molar-refractivity contribution is -0.307. The number of hydrazone groups is 1. The van der Waals surface area contributed by atoms with Gasteiger partial charge in [0.05, 0.1) is 12.2 Å². The molecule has 2 N–H and O–H groups in total. The highest BCUT2D eigenvalue weighted by molar-refractivity contribution is 7.80. The monoisotopic (exact) mass is 334 g/mol. The third kappa shape index (κ3) is 6.23. The van der Waals surface area contributed by atoms with Gasteiger partial charge in [-0.25, -0.2) is 0 Å². The van der Waals surface area contributed by atoms with Gasteiger partial charge in [0, 0.05) is 11.6 Å². The number of benzene rings is 1. The van der Waals surface area contributed by atoms with Gasteiger partial charge in [-0.1, -0.05) is 31.4 Å². The van der Waals surface area contributed by atoms with Crippen molar-refractivity contribution < 1.29 is 14.6 Å². The first kappa shape index (κ1) is 17.2. The summed E-state index contributed by atoms with van der Waals surface area (Å²) in [6, 6.07) is 7.42. The molecule has 6 nitrogen and oxygen atoms in total. The first-order valence-electron chi connectivity index (χ1n) is 7.66. The van der Waals surface area contributed by atoms with Gasteiger partial charge in [-0.2, -0.15) is 5.10 Å². The summed E-state index contributed by atoms with van der Waals surface area (Å²) in [7, 11) is 0. The maximum absolute atomic E-state index is 10.5. The van der Waals surface area contributed by atoms with Crippen molar-refractivity contribution in [3.8, 4) is 5.75 Å². The highest BCUT2D eigenvalue weighted by atomic mass is 32.1. The number of aliphatic carboxylic acids is 1. The topological polar surface area (TPSA) is 85.8 Å². The van der Waals surface area contributed by atoms with Crippen LogP contribution >= 0.6 is 12.2 Å². The van der Waals surface area contributed by atoms with Gasteiger partial charge in [-0.3, -0.25) is 5.43 Å². The summed E-state index contributed by atoms with van der Waals surface area (Å²) in [5.41, 5.74) is 3.43. The molecule has 0 aliphatic heterocycles. The van der Waals surface area contributed by atoms with E-state index in [1.54, 1.807) is 24.4 Å². The first-order chi connectivity index (χ1) is 11.1. The lowest BCUT2D eigenvalue weighted by Gasteiger charge is -2.23. The number of carbonyl (C=O) groups is 1. The molecule has 1 aromatic carbocycles. The lowest BCUT2D eigenvalue weighted by atomic mass is 9.96. The van der Waals surface area contributed by atoms with Crippen LogP contribution in [0.5, 0.6) is 5.75 Å². The number of rotatable bonds is 6. The second-order valence-corrected chi connectivity index (χ2v) is 5.79. The van der Waals surface area contributed by atoms with E-state index in [2.05, 4.69) is 15.8 Å². The summed E-state index contributed by atoms with van der Waals surface area (Å²) in [6.45, 7) is -0.500.